The van der Waals surface area contributed by atoms with Crippen LogP contribution < -0.4 is 14.8 Å². The molecule has 4 rings (SSSR count). The molecule has 168 valence electrons. The predicted molar refractivity (Wildman–Crippen MR) is 128 cm³/mol. The highest BCUT2D eigenvalue weighted by molar-refractivity contribution is 6.24. The normalized spacial score (nSPS) is 15.0. The van der Waals surface area contributed by atoms with Crippen LogP contribution in [0.2, 0.25) is 0 Å². The second-order valence-corrected chi connectivity index (χ2v) is 7.83. The quantitative estimate of drug-likeness (QED) is 0.577. The van der Waals surface area contributed by atoms with E-state index >= 15 is 0 Å². The second kappa shape index (κ2) is 9.16. The molecule has 1 aliphatic rings. The molecule has 0 spiro atoms. The number of fused-ring (bicyclic) bond motifs is 1. The standard InChI is InChI=1S/C26H25N3O4/c1-29(2)26(31)17-10-12-18(13-11-17)27-24(16-8-6-5-7-9-16)23-19-14-21(32-3)22(33-4)15-20(19)28-25(23)30/h5-15,23H,1-4H3,(H,28,30). The number of nitrogens with zero attached hydrogens (tertiary/aromatic N) is 2. The molecular weight excluding hydrogens is 418 g/mol. The maximum absolute atomic E-state index is 13.1. The number of aliphatic imine (C=N–C) groups is 1. The zero-order valence-corrected chi connectivity index (χ0v) is 19.0. The van der Waals surface area contributed by atoms with Crippen molar-refractivity contribution in [2.75, 3.05) is 33.6 Å². The topological polar surface area (TPSA) is 80.2 Å². The van der Waals surface area contributed by atoms with E-state index < -0.39 is 5.92 Å². The molecule has 0 fully saturated rings. The number of hydrogen-bond acceptors (Lipinski definition) is 5. The Morgan fingerprint density at radius 1 is 0.909 bits per heavy atom. The number of benzene rings is 3. The third-order valence-electron chi connectivity index (χ3n) is 5.50. The van der Waals surface area contributed by atoms with E-state index in [-0.39, 0.29) is 11.8 Å². The first-order valence-corrected chi connectivity index (χ1v) is 10.5. The molecule has 33 heavy (non-hydrogen) atoms. The van der Waals surface area contributed by atoms with E-state index in [2.05, 4.69) is 5.32 Å². The number of amides is 2. The Balaban J connectivity index is 1.82. The monoisotopic (exact) mass is 443 g/mol. The molecule has 0 aliphatic carbocycles. The summed E-state index contributed by atoms with van der Waals surface area (Å²) in [5.74, 6) is 0.180. The molecule has 0 bridgehead atoms. The van der Waals surface area contributed by atoms with Gasteiger partial charge >= 0.3 is 0 Å². The predicted octanol–water partition coefficient (Wildman–Crippen LogP) is 4.26. The molecule has 1 heterocycles. The van der Waals surface area contributed by atoms with Gasteiger partial charge in [-0.15, -0.1) is 0 Å². The number of carbonyl (C=O) groups is 2. The fraction of sp³-hybridized carbons (Fsp3) is 0.192. The maximum atomic E-state index is 13.1. The van der Waals surface area contributed by atoms with Gasteiger partial charge in [-0.05, 0) is 41.5 Å². The minimum Gasteiger partial charge on any atom is -0.493 e. The van der Waals surface area contributed by atoms with Crippen molar-refractivity contribution in [2.24, 2.45) is 4.99 Å². The van der Waals surface area contributed by atoms with Crippen LogP contribution in [0.4, 0.5) is 11.4 Å². The highest BCUT2D eigenvalue weighted by Crippen LogP contribution is 2.42. The summed E-state index contributed by atoms with van der Waals surface area (Å²) in [7, 11) is 6.54. The fourth-order valence-electron chi connectivity index (χ4n) is 3.84. The molecule has 1 unspecified atom stereocenters. The zero-order chi connectivity index (χ0) is 23.5. The van der Waals surface area contributed by atoms with Crippen molar-refractivity contribution < 1.29 is 19.1 Å². The lowest BCUT2D eigenvalue weighted by molar-refractivity contribution is -0.115. The smallest absolute Gasteiger partial charge is 0.253 e. The molecule has 0 saturated carbocycles. The molecule has 2 amide bonds. The van der Waals surface area contributed by atoms with Crippen molar-refractivity contribution in [3.05, 3.63) is 83.4 Å². The number of rotatable bonds is 6. The molecule has 0 saturated heterocycles. The molecule has 0 aromatic heterocycles. The summed E-state index contributed by atoms with van der Waals surface area (Å²) in [5.41, 5.74) is 4.07. The van der Waals surface area contributed by atoms with Gasteiger partial charge in [0.15, 0.2) is 11.5 Å². The van der Waals surface area contributed by atoms with Gasteiger partial charge in [0.25, 0.3) is 5.91 Å². The van der Waals surface area contributed by atoms with Crippen LogP contribution in [0.3, 0.4) is 0 Å². The summed E-state index contributed by atoms with van der Waals surface area (Å²) < 4.78 is 10.8. The maximum Gasteiger partial charge on any atom is 0.253 e. The highest BCUT2D eigenvalue weighted by atomic mass is 16.5. The molecule has 3 aromatic rings. The van der Waals surface area contributed by atoms with Gasteiger partial charge in [0.1, 0.15) is 5.92 Å². The third-order valence-corrected chi connectivity index (χ3v) is 5.50. The number of carbonyl (C=O) groups excluding carboxylic acids is 2. The van der Waals surface area contributed by atoms with Crippen LogP contribution in [-0.2, 0) is 4.79 Å². The van der Waals surface area contributed by atoms with Gasteiger partial charge in [-0.2, -0.15) is 0 Å². The first-order chi connectivity index (χ1) is 15.9. The second-order valence-electron chi connectivity index (χ2n) is 7.83. The first-order valence-electron chi connectivity index (χ1n) is 10.5. The van der Waals surface area contributed by atoms with Gasteiger partial charge in [-0.1, -0.05) is 30.3 Å². The van der Waals surface area contributed by atoms with Crippen molar-refractivity contribution in [1.82, 2.24) is 4.90 Å². The Morgan fingerprint density at radius 3 is 2.15 bits per heavy atom. The van der Waals surface area contributed by atoms with Crippen LogP contribution in [0.5, 0.6) is 11.5 Å². The van der Waals surface area contributed by atoms with Crippen LogP contribution >= 0.6 is 0 Å². The summed E-state index contributed by atoms with van der Waals surface area (Å²) in [6.07, 6.45) is 0. The number of ether oxygens (including phenoxy) is 2. The Hall–Kier alpha value is -4.13. The minimum absolute atomic E-state index is 0.0843. The molecule has 1 N–H and O–H groups in total. The Morgan fingerprint density at radius 2 is 1.55 bits per heavy atom. The number of hydrogen-bond donors (Lipinski definition) is 1. The van der Waals surface area contributed by atoms with Crippen molar-refractivity contribution >= 4 is 28.9 Å². The van der Waals surface area contributed by atoms with Crippen LogP contribution in [0.25, 0.3) is 0 Å². The number of methoxy groups -OCH3 is 2. The average molecular weight is 444 g/mol. The van der Waals surface area contributed by atoms with Gasteiger partial charge in [0.2, 0.25) is 5.91 Å². The summed E-state index contributed by atoms with van der Waals surface area (Å²) in [4.78, 5) is 31.7. The summed E-state index contributed by atoms with van der Waals surface area (Å²) >= 11 is 0. The van der Waals surface area contributed by atoms with E-state index in [0.29, 0.717) is 34.1 Å². The third kappa shape index (κ3) is 4.30. The molecule has 1 aliphatic heterocycles. The van der Waals surface area contributed by atoms with Crippen LogP contribution in [0, 0.1) is 0 Å². The van der Waals surface area contributed by atoms with E-state index in [9.17, 15) is 9.59 Å². The Labute approximate surface area is 192 Å². The van der Waals surface area contributed by atoms with Crippen molar-refractivity contribution in [1.29, 1.82) is 0 Å². The van der Waals surface area contributed by atoms with E-state index in [4.69, 9.17) is 14.5 Å². The highest BCUT2D eigenvalue weighted by Gasteiger charge is 2.36. The lowest BCUT2D eigenvalue weighted by atomic mass is 9.90. The van der Waals surface area contributed by atoms with Gasteiger partial charge in [0, 0.05) is 31.4 Å². The van der Waals surface area contributed by atoms with E-state index in [1.165, 1.54) is 4.90 Å². The van der Waals surface area contributed by atoms with Crippen molar-refractivity contribution in [2.45, 2.75) is 5.92 Å². The molecule has 3 aromatic carbocycles. The molecular formula is C26H25N3O4. The summed E-state index contributed by atoms with van der Waals surface area (Å²) in [5, 5.41) is 2.94. The van der Waals surface area contributed by atoms with Gasteiger partial charge in [-0.25, -0.2) is 0 Å². The largest absolute Gasteiger partial charge is 0.493 e. The molecule has 1 atom stereocenters. The average Bonchev–Trinajstić information content (AvgIpc) is 3.16. The molecule has 7 heteroatoms. The van der Waals surface area contributed by atoms with Crippen LogP contribution in [0.15, 0.2) is 71.7 Å². The number of anilines is 1. The van der Waals surface area contributed by atoms with Gasteiger partial charge in [-0.3, -0.25) is 14.6 Å². The van der Waals surface area contributed by atoms with E-state index in [0.717, 1.165) is 11.1 Å². The zero-order valence-electron chi connectivity index (χ0n) is 19.0. The molecule has 0 radical (unpaired) electrons. The van der Waals surface area contributed by atoms with Crippen LogP contribution in [0.1, 0.15) is 27.4 Å². The summed E-state index contributed by atoms with van der Waals surface area (Å²) in [6, 6.07) is 20.2. The summed E-state index contributed by atoms with van der Waals surface area (Å²) in [6.45, 7) is 0. The van der Waals surface area contributed by atoms with Gasteiger partial charge in [0.05, 0.1) is 25.6 Å². The Kier molecular flexibility index (Phi) is 6.13. The van der Waals surface area contributed by atoms with E-state index in [1.807, 2.05) is 36.4 Å². The van der Waals surface area contributed by atoms with Gasteiger partial charge < -0.3 is 19.7 Å². The first kappa shape index (κ1) is 22.1. The van der Waals surface area contributed by atoms with Crippen LogP contribution in [-0.4, -0.2) is 50.7 Å². The SMILES string of the molecule is COc1cc2c(cc1OC)C(C(=Nc1ccc(C(=O)N(C)C)cc1)c1ccccc1)C(=O)N2. The fourth-order valence-corrected chi connectivity index (χ4v) is 3.84. The Bertz CT molecular complexity index is 1220. The number of nitrogens with one attached hydrogen (secondary N) is 1. The molecule has 7 nitrogen and oxygen atoms in total. The lowest BCUT2D eigenvalue weighted by Crippen LogP contribution is -2.22. The van der Waals surface area contributed by atoms with Crippen molar-refractivity contribution in [3.63, 3.8) is 0 Å². The van der Waals surface area contributed by atoms with E-state index in [1.54, 1.807) is 58.6 Å². The van der Waals surface area contributed by atoms with Crippen molar-refractivity contribution in [3.8, 4) is 11.5 Å². The minimum atomic E-state index is -0.634. The lowest BCUT2D eigenvalue weighted by Gasteiger charge is -2.16.